The zero-order chi connectivity index (χ0) is 26.0. The number of amides is 2. The van der Waals surface area contributed by atoms with Crippen molar-refractivity contribution in [1.82, 2.24) is 0 Å². The molecule has 0 saturated heterocycles. The molecule has 7 heteroatoms. The number of ketones is 1. The molecule has 186 valence electrons. The maximum atomic E-state index is 13.3. The second kappa shape index (κ2) is 12.6. The number of benzene rings is 4. The van der Waals surface area contributed by atoms with Gasteiger partial charge in [0.1, 0.15) is 11.0 Å². The Labute approximate surface area is 220 Å². The van der Waals surface area contributed by atoms with Crippen LogP contribution in [-0.4, -0.2) is 24.2 Å². The van der Waals surface area contributed by atoms with Gasteiger partial charge < -0.3 is 15.4 Å². The van der Waals surface area contributed by atoms with Gasteiger partial charge in [0.2, 0.25) is 5.91 Å². The summed E-state index contributed by atoms with van der Waals surface area (Å²) < 4.78 is 5.48. The highest BCUT2D eigenvalue weighted by Gasteiger charge is 2.22. The lowest BCUT2D eigenvalue weighted by Gasteiger charge is -2.17. The Balaban J connectivity index is 1.40. The molecule has 0 saturated carbocycles. The molecule has 6 nitrogen and oxygen atoms in total. The minimum atomic E-state index is -0.506. The highest BCUT2D eigenvalue weighted by molar-refractivity contribution is 8.00. The predicted molar refractivity (Wildman–Crippen MR) is 147 cm³/mol. The number of thioether (sulfide) groups is 1. The standard InChI is InChI=1S/C30H26N2O4S/c1-21(33)22-12-14-25(15-13-22)32-30(35)29(23-8-4-2-5-9-23)37-27-18-16-24(17-19-27)31-28(34)20-36-26-10-6-3-7-11-26/h2-19,29H,20H2,1H3,(H,31,34)(H,32,35). The number of nitrogens with one attached hydrogen (secondary N) is 2. The van der Waals surface area contributed by atoms with Crippen LogP contribution in [0.25, 0.3) is 0 Å². The average molecular weight is 511 g/mol. The maximum absolute atomic E-state index is 13.3. The predicted octanol–water partition coefficient (Wildman–Crippen LogP) is 6.38. The first-order valence-corrected chi connectivity index (χ1v) is 12.6. The van der Waals surface area contributed by atoms with Crippen molar-refractivity contribution < 1.29 is 19.1 Å². The first-order valence-electron chi connectivity index (χ1n) is 11.7. The van der Waals surface area contributed by atoms with Gasteiger partial charge >= 0.3 is 0 Å². The van der Waals surface area contributed by atoms with E-state index in [1.165, 1.54) is 18.7 Å². The Morgan fingerprint density at radius 3 is 1.92 bits per heavy atom. The van der Waals surface area contributed by atoms with Crippen LogP contribution in [0, 0.1) is 0 Å². The topological polar surface area (TPSA) is 84.5 Å². The Bertz CT molecular complexity index is 1340. The number of hydrogen-bond donors (Lipinski definition) is 2. The fourth-order valence-electron chi connectivity index (χ4n) is 3.51. The van der Waals surface area contributed by atoms with Crippen LogP contribution in [0.2, 0.25) is 0 Å². The highest BCUT2D eigenvalue weighted by atomic mass is 32.2. The molecule has 4 aromatic carbocycles. The third-order valence-electron chi connectivity index (χ3n) is 5.40. The summed E-state index contributed by atoms with van der Waals surface area (Å²) in [5.41, 5.74) is 2.70. The van der Waals surface area contributed by atoms with Crippen LogP contribution in [0.4, 0.5) is 11.4 Å². The monoisotopic (exact) mass is 510 g/mol. The molecular weight excluding hydrogens is 484 g/mol. The number of hydrogen-bond acceptors (Lipinski definition) is 5. The minimum Gasteiger partial charge on any atom is -0.484 e. The molecule has 0 fully saturated rings. The fraction of sp³-hybridized carbons (Fsp3) is 0.100. The van der Waals surface area contributed by atoms with Crippen molar-refractivity contribution in [3.8, 4) is 5.75 Å². The largest absolute Gasteiger partial charge is 0.484 e. The second-order valence-corrected chi connectivity index (χ2v) is 9.38. The molecule has 0 aliphatic heterocycles. The first-order chi connectivity index (χ1) is 18.0. The van der Waals surface area contributed by atoms with Crippen LogP contribution in [-0.2, 0) is 9.59 Å². The fourth-order valence-corrected chi connectivity index (χ4v) is 4.54. The van der Waals surface area contributed by atoms with Crippen molar-refractivity contribution in [3.63, 3.8) is 0 Å². The molecule has 0 spiro atoms. The summed E-state index contributed by atoms with van der Waals surface area (Å²) in [7, 11) is 0. The summed E-state index contributed by atoms with van der Waals surface area (Å²) in [6, 6.07) is 32.8. The molecule has 1 unspecified atom stereocenters. The van der Waals surface area contributed by atoms with E-state index < -0.39 is 5.25 Å². The molecule has 4 rings (SSSR count). The van der Waals surface area contributed by atoms with Gasteiger partial charge in [0.25, 0.3) is 5.91 Å². The van der Waals surface area contributed by atoms with Crippen LogP contribution in [0.5, 0.6) is 5.75 Å². The minimum absolute atomic E-state index is 0.0287. The van der Waals surface area contributed by atoms with Crippen LogP contribution >= 0.6 is 11.8 Å². The van der Waals surface area contributed by atoms with Gasteiger partial charge in [0, 0.05) is 21.8 Å². The van der Waals surface area contributed by atoms with Gasteiger partial charge in [-0.1, -0.05) is 48.5 Å². The molecule has 0 radical (unpaired) electrons. The summed E-state index contributed by atoms with van der Waals surface area (Å²) >= 11 is 1.41. The summed E-state index contributed by atoms with van der Waals surface area (Å²) in [5, 5.41) is 5.26. The number of rotatable bonds is 10. The molecule has 0 aliphatic carbocycles. The van der Waals surface area contributed by atoms with Gasteiger partial charge in [-0.2, -0.15) is 0 Å². The lowest BCUT2D eigenvalue weighted by Crippen LogP contribution is -2.20. The van der Waals surface area contributed by atoms with Gasteiger partial charge in [0.05, 0.1) is 0 Å². The summed E-state index contributed by atoms with van der Waals surface area (Å²) in [6.07, 6.45) is 0. The van der Waals surface area contributed by atoms with Gasteiger partial charge in [-0.25, -0.2) is 0 Å². The zero-order valence-corrected chi connectivity index (χ0v) is 21.0. The SMILES string of the molecule is CC(=O)c1ccc(NC(=O)C(Sc2ccc(NC(=O)COc3ccccc3)cc2)c2ccccc2)cc1. The normalized spacial score (nSPS) is 11.3. The average Bonchev–Trinajstić information content (AvgIpc) is 2.93. The second-order valence-electron chi connectivity index (χ2n) is 8.21. The smallest absolute Gasteiger partial charge is 0.262 e. The van der Waals surface area contributed by atoms with E-state index in [0.717, 1.165) is 10.5 Å². The van der Waals surface area contributed by atoms with E-state index >= 15 is 0 Å². The molecule has 0 aliphatic rings. The van der Waals surface area contributed by atoms with Gasteiger partial charge in [-0.3, -0.25) is 14.4 Å². The maximum Gasteiger partial charge on any atom is 0.262 e. The molecule has 1 atom stereocenters. The van der Waals surface area contributed by atoms with E-state index in [9.17, 15) is 14.4 Å². The third-order valence-corrected chi connectivity index (χ3v) is 6.67. The summed E-state index contributed by atoms with van der Waals surface area (Å²) in [6.45, 7) is 1.41. The van der Waals surface area contributed by atoms with E-state index in [-0.39, 0.29) is 24.2 Å². The number of para-hydroxylation sites is 1. The number of Topliss-reactive ketones (excluding diaryl/α,β-unsaturated/α-hetero) is 1. The third kappa shape index (κ3) is 7.56. The van der Waals surface area contributed by atoms with Crippen molar-refractivity contribution in [2.24, 2.45) is 0 Å². The van der Waals surface area contributed by atoms with Crippen molar-refractivity contribution in [3.05, 3.63) is 120 Å². The lowest BCUT2D eigenvalue weighted by molar-refractivity contribution is -0.118. The Morgan fingerprint density at radius 2 is 1.30 bits per heavy atom. The van der Waals surface area contributed by atoms with E-state index in [1.807, 2.05) is 60.7 Å². The van der Waals surface area contributed by atoms with Gasteiger partial charge in [0.15, 0.2) is 12.4 Å². The molecule has 37 heavy (non-hydrogen) atoms. The van der Waals surface area contributed by atoms with E-state index in [1.54, 1.807) is 48.5 Å². The quantitative estimate of drug-likeness (QED) is 0.191. The molecule has 0 heterocycles. The van der Waals surface area contributed by atoms with Crippen LogP contribution in [0.3, 0.4) is 0 Å². The Kier molecular flexibility index (Phi) is 8.73. The van der Waals surface area contributed by atoms with Crippen LogP contribution < -0.4 is 15.4 Å². The molecule has 2 N–H and O–H groups in total. The molecular formula is C30H26N2O4S. The first kappa shape index (κ1) is 25.7. The number of carbonyl (C=O) groups is 3. The van der Waals surface area contributed by atoms with Crippen molar-refractivity contribution >= 4 is 40.7 Å². The van der Waals surface area contributed by atoms with Gasteiger partial charge in [-0.15, -0.1) is 11.8 Å². The molecule has 4 aromatic rings. The van der Waals surface area contributed by atoms with Gasteiger partial charge in [-0.05, 0) is 73.2 Å². The number of ether oxygens (including phenoxy) is 1. The van der Waals surface area contributed by atoms with E-state index in [4.69, 9.17) is 4.74 Å². The Hall–Kier alpha value is -4.36. The summed E-state index contributed by atoms with van der Waals surface area (Å²) in [5.74, 6) is 0.159. The lowest BCUT2D eigenvalue weighted by atomic mass is 10.1. The van der Waals surface area contributed by atoms with Crippen LogP contribution in [0.15, 0.2) is 114 Å². The van der Waals surface area contributed by atoms with Crippen molar-refractivity contribution in [2.75, 3.05) is 17.2 Å². The van der Waals surface area contributed by atoms with Crippen LogP contribution in [0.1, 0.15) is 28.1 Å². The molecule has 0 bridgehead atoms. The number of anilines is 2. The van der Waals surface area contributed by atoms with E-state index in [2.05, 4.69) is 10.6 Å². The molecule has 0 aromatic heterocycles. The Morgan fingerprint density at radius 1 is 0.730 bits per heavy atom. The molecule has 2 amide bonds. The number of carbonyl (C=O) groups excluding carboxylic acids is 3. The van der Waals surface area contributed by atoms with Crippen molar-refractivity contribution in [2.45, 2.75) is 17.1 Å². The van der Waals surface area contributed by atoms with E-state index in [0.29, 0.717) is 22.7 Å². The van der Waals surface area contributed by atoms with Crippen molar-refractivity contribution in [1.29, 1.82) is 0 Å². The summed E-state index contributed by atoms with van der Waals surface area (Å²) in [4.78, 5) is 37.9. The highest BCUT2D eigenvalue weighted by Crippen LogP contribution is 2.36. The zero-order valence-electron chi connectivity index (χ0n) is 20.2.